The summed E-state index contributed by atoms with van der Waals surface area (Å²) in [4.78, 5) is 12.6. The molecule has 3 aromatic rings. The van der Waals surface area contributed by atoms with Gasteiger partial charge in [-0.25, -0.2) is 27.2 Å². The zero-order valence-electron chi connectivity index (χ0n) is 18.5. The molecule has 0 atom stereocenters. The van der Waals surface area contributed by atoms with Crippen molar-refractivity contribution in [1.82, 2.24) is 19.5 Å². The zero-order valence-corrected chi connectivity index (χ0v) is 19.3. The van der Waals surface area contributed by atoms with E-state index in [0.717, 1.165) is 13.1 Å². The highest BCUT2D eigenvalue weighted by Gasteiger charge is 2.36. The van der Waals surface area contributed by atoms with E-state index in [1.165, 1.54) is 51.1 Å². The Labute approximate surface area is 184 Å². The predicted octanol–water partition coefficient (Wildman–Crippen LogP) is 2.99. The Morgan fingerprint density at radius 3 is 2.16 bits per heavy atom. The molecule has 9 nitrogen and oxygen atoms in total. The molecular formula is C20H24F2N4O5S. The summed E-state index contributed by atoms with van der Waals surface area (Å²) in [6.45, 7) is 2.26. The standard InChI is InChI=1S/C20H24F2N4O5S/c1-7-32(27,28)15-9-13(20(29-4,30-5)31-6)11-23-16(15)18-25-14-8-12(19(2,21)22)10-24-17(14)26(18)3/h8-11H,7H2,1-6H3. The van der Waals surface area contributed by atoms with Crippen LogP contribution in [0.4, 0.5) is 8.78 Å². The quantitative estimate of drug-likeness (QED) is 0.463. The maximum Gasteiger partial charge on any atom is 0.312 e. The molecule has 0 fully saturated rings. The summed E-state index contributed by atoms with van der Waals surface area (Å²) in [5.41, 5.74) is 0.444. The van der Waals surface area contributed by atoms with Gasteiger partial charge >= 0.3 is 5.97 Å². The molecule has 0 unspecified atom stereocenters. The summed E-state index contributed by atoms with van der Waals surface area (Å²) < 4.78 is 70.8. The molecule has 174 valence electrons. The molecule has 3 rings (SSSR count). The highest BCUT2D eigenvalue weighted by molar-refractivity contribution is 7.91. The number of halogens is 2. The number of hydrogen-bond donors (Lipinski definition) is 0. The second-order valence-electron chi connectivity index (χ2n) is 7.09. The summed E-state index contributed by atoms with van der Waals surface area (Å²) >= 11 is 0. The molecule has 0 saturated heterocycles. The molecule has 12 heteroatoms. The lowest BCUT2D eigenvalue weighted by atomic mass is 10.2. The number of aromatic nitrogens is 4. The van der Waals surface area contributed by atoms with Crippen LogP contribution in [0.2, 0.25) is 0 Å². The van der Waals surface area contributed by atoms with Gasteiger partial charge in [0.15, 0.2) is 21.3 Å². The lowest BCUT2D eigenvalue weighted by Gasteiger charge is -2.29. The molecule has 0 spiro atoms. The number of ether oxygens (including phenoxy) is 3. The first-order chi connectivity index (χ1) is 14.9. The van der Waals surface area contributed by atoms with Crippen LogP contribution in [0.25, 0.3) is 22.7 Å². The smallest absolute Gasteiger partial charge is 0.312 e. The third-order valence-electron chi connectivity index (χ3n) is 5.16. The maximum atomic E-state index is 13.7. The first-order valence-corrected chi connectivity index (χ1v) is 11.2. The summed E-state index contributed by atoms with van der Waals surface area (Å²) in [6.07, 6.45) is 2.41. The van der Waals surface area contributed by atoms with E-state index in [2.05, 4.69) is 15.0 Å². The SMILES string of the molecule is CCS(=O)(=O)c1cc(C(OC)(OC)OC)cnc1-c1nc2cc(C(C)(F)F)cnc2n1C. The average molecular weight is 470 g/mol. The van der Waals surface area contributed by atoms with E-state index in [-0.39, 0.29) is 38.8 Å². The fourth-order valence-electron chi connectivity index (χ4n) is 3.30. The van der Waals surface area contributed by atoms with Crippen LogP contribution in [0.3, 0.4) is 0 Å². The van der Waals surface area contributed by atoms with Crippen molar-refractivity contribution >= 4 is 21.0 Å². The van der Waals surface area contributed by atoms with Gasteiger partial charge in [-0.1, -0.05) is 6.92 Å². The highest BCUT2D eigenvalue weighted by Crippen LogP contribution is 2.34. The molecule has 0 N–H and O–H groups in total. The molecule has 0 amide bonds. The number of aryl methyl sites for hydroxylation is 1. The molecule has 3 aromatic heterocycles. The molecule has 0 aliphatic carbocycles. The second-order valence-corrected chi connectivity index (χ2v) is 9.34. The molecule has 3 heterocycles. The van der Waals surface area contributed by atoms with Crippen LogP contribution in [0, 0.1) is 0 Å². The van der Waals surface area contributed by atoms with E-state index in [1.54, 1.807) is 7.05 Å². The molecule has 0 aromatic carbocycles. The van der Waals surface area contributed by atoms with Crippen molar-refractivity contribution in [1.29, 1.82) is 0 Å². The Bertz CT molecular complexity index is 1240. The van der Waals surface area contributed by atoms with Gasteiger partial charge in [-0.05, 0) is 12.1 Å². The van der Waals surface area contributed by atoms with Crippen molar-refractivity contribution < 1.29 is 31.4 Å². The van der Waals surface area contributed by atoms with Crippen LogP contribution >= 0.6 is 0 Å². The summed E-state index contributed by atoms with van der Waals surface area (Å²) in [5.74, 6) is -4.82. The summed E-state index contributed by atoms with van der Waals surface area (Å²) in [5, 5.41) is 0. The number of rotatable bonds is 8. The number of fused-ring (bicyclic) bond motifs is 1. The molecule has 0 bridgehead atoms. The van der Waals surface area contributed by atoms with Crippen LogP contribution < -0.4 is 0 Å². The first-order valence-electron chi connectivity index (χ1n) is 9.54. The molecule has 0 aliphatic rings. The Morgan fingerprint density at radius 1 is 1.03 bits per heavy atom. The van der Waals surface area contributed by atoms with Gasteiger partial charge in [0.1, 0.15) is 11.2 Å². The van der Waals surface area contributed by atoms with Gasteiger partial charge in [-0.15, -0.1) is 0 Å². The molecule has 0 saturated carbocycles. The molecular weight excluding hydrogens is 446 g/mol. The van der Waals surface area contributed by atoms with E-state index in [9.17, 15) is 17.2 Å². The Morgan fingerprint density at radius 2 is 1.62 bits per heavy atom. The number of pyridine rings is 2. The zero-order chi connectivity index (χ0) is 23.9. The van der Waals surface area contributed by atoms with Crippen LogP contribution in [-0.2, 0) is 43.0 Å². The van der Waals surface area contributed by atoms with Crippen molar-refractivity contribution in [2.45, 2.75) is 30.6 Å². The van der Waals surface area contributed by atoms with E-state index >= 15 is 0 Å². The topological polar surface area (TPSA) is 105 Å². The van der Waals surface area contributed by atoms with Crippen molar-refractivity contribution in [2.24, 2.45) is 7.05 Å². The normalized spacial score (nSPS) is 13.1. The lowest BCUT2D eigenvalue weighted by molar-refractivity contribution is -0.364. The third-order valence-corrected chi connectivity index (χ3v) is 6.90. The first kappa shape index (κ1) is 24.1. The minimum Gasteiger partial charge on any atom is -0.327 e. The van der Waals surface area contributed by atoms with Crippen LogP contribution in [-0.4, -0.2) is 55.0 Å². The number of imidazole rings is 1. The van der Waals surface area contributed by atoms with Crippen molar-refractivity contribution in [3.8, 4) is 11.5 Å². The number of hydrogen-bond acceptors (Lipinski definition) is 8. The number of methoxy groups -OCH3 is 3. The number of alkyl halides is 2. The Balaban J connectivity index is 2.30. The van der Waals surface area contributed by atoms with Crippen molar-refractivity contribution in [3.05, 3.63) is 35.7 Å². The summed E-state index contributed by atoms with van der Waals surface area (Å²) in [7, 11) is 1.83. The van der Waals surface area contributed by atoms with Gasteiger partial charge in [-0.3, -0.25) is 4.98 Å². The van der Waals surface area contributed by atoms with Crippen molar-refractivity contribution in [3.63, 3.8) is 0 Å². The highest BCUT2D eigenvalue weighted by atomic mass is 32.2. The minimum absolute atomic E-state index is 0.0399. The van der Waals surface area contributed by atoms with E-state index in [1.807, 2.05) is 0 Å². The van der Waals surface area contributed by atoms with Crippen LogP contribution in [0.15, 0.2) is 29.4 Å². The fourth-order valence-corrected chi connectivity index (χ4v) is 4.36. The predicted molar refractivity (Wildman–Crippen MR) is 112 cm³/mol. The van der Waals surface area contributed by atoms with Gasteiger partial charge in [0, 0.05) is 53.3 Å². The largest absolute Gasteiger partial charge is 0.327 e. The van der Waals surface area contributed by atoms with E-state index < -0.39 is 21.7 Å². The summed E-state index contributed by atoms with van der Waals surface area (Å²) in [6, 6.07) is 2.57. The van der Waals surface area contributed by atoms with Gasteiger partial charge in [0.2, 0.25) is 0 Å². The average Bonchev–Trinajstić information content (AvgIpc) is 3.10. The van der Waals surface area contributed by atoms with Gasteiger partial charge in [0.25, 0.3) is 5.92 Å². The Kier molecular flexibility index (Phi) is 6.35. The van der Waals surface area contributed by atoms with E-state index in [0.29, 0.717) is 5.65 Å². The number of sulfone groups is 1. The lowest BCUT2D eigenvalue weighted by Crippen LogP contribution is -2.33. The van der Waals surface area contributed by atoms with Crippen LogP contribution in [0.5, 0.6) is 0 Å². The maximum absolute atomic E-state index is 13.7. The third kappa shape index (κ3) is 3.98. The Hall–Kier alpha value is -2.54. The molecule has 0 radical (unpaired) electrons. The monoisotopic (exact) mass is 470 g/mol. The van der Waals surface area contributed by atoms with Crippen LogP contribution in [0.1, 0.15) is 25.0 Å². The van der Waals surface area contributed by atoms with Gasteiger partial charge < -0.3 is 18.8 Å². The van der Waals surface area contributed by atoms with E-state index in [4.69, 9.17) is 14.2 Å². The fraction of sp³-hybridized carbons (Fsp3) is 0.450. The minimum atomic E-state index is -3.79. The number of nitrogens with zero attached hydrogens (tertiary/aromatic N) is 4. The molecule has 32 heavy (non-hydrogen) atoms. The molecule has 0 aliphatic heterocycles. The van der Waals surface area contributed by atoms with Gasteiger partial charge in [0.05, 0.1) is 16.2 Å². The van der Waals surface area contributed by atoms with Crippen molar-refractivity contribution in [2.75, 3.05) is 27.1 Å². The van der Waals surface area contributed by atoms with Gasteiger partial charge in [-0.2, -0.15) is 0 Å². The second kappa shape index (κ2) is 8.43.